The first-order valence-electron chi connectivity index (χ1n) is 6.83. The van der Waals surface area contributed by atoms with E-state index in [1.807, 2.05) is 0 Å². The molecular formula is C14H28O. The van der Waals surface area contributed by atoms with Crippen LogP contribution in [0.4, 0.5) is 0 Å². The zero-order valence-corrected chi connectivity index (χ0v) is 10.7. The van der Waals surface area contributed by atoms with E-state index in [1.165, 1.54) is 38.5 Å². The average Bonchev–Trinajstić information content (AvgIpc) is 2.22. The second-order valence-corrected chi connectivity index (χ2v) is 5.59. The van der Waals surface area contributed by atoms with Gasteiger partial charge in [0.1, 0.15) is 0 Å². The molecule has 1 aliphatic carbocycles. The first-order valence-corrected chi connectivity index (χ1v) is 6.83. The monoisotopic (exact) mass is 212 g/mol. The smallest absolute Gasteiger partial charge is 0.0568 e. The molecule has 0 aromatic rings. The quantitative estimate of drug-likeness (QED) is 0.683. The van der Waals surface area contributed by atoms with Crippen LogP contribution in [0.1, 0.15) is 65.7 Å². The molecule has 0 heterocycles. The fourth-order valence-electron chi connectivity index (χ4n) is 2.78. The van der Waals surface area contributed by atoms with E-state index < -0.39 is 0 Å². The van der Waals surface area contributed by atoms with Crippen molar-refractivity contribution >= 4 is 0 Å². The maximum Gasteiger partial charge on any atom is 0.0568 e. The van der Waals surface area contributed by atoms with E-state index in [0.29, 0.717) is 5.92 Å². The minimum absolute atomic E-state index is 0.0218. The number of aliphatic hydroxyl groups excluding tert-OH is 1. The molecule has 0 spiro atoms. The Labute approximate surface area is 95.3 Å². The van der Waals surface area contributed by atoms with Gasteiger partial charge in [0.05, 0.1) is 6.10 Å². The first kappa shape index (κ1) is 13.0. The van der Waals surface area contributed by atoms with Crippen LogP contribution in [0.15, 0.2) is 0 Å². The molecule has 0 aromatic heterocycles. The minimum Gasteiger partial charge on any atom is -0.393 e. The van der Waals surface area contributed by atoms with Gasteiger partial charge >= 0.3 is 0 Å². The summed E-state index contributed by atoms with van der Waals surface area (Å²) in [4.78, 5) is 0. The Morgan fingerprint density at radius 3 is 2.47 bits per heavy atom. The Balaban J connectivity index is 2.24. The summed E-state index contributed by atoms with van der Waals surface area (Å²) < 4.78 is 0. The standard InChI is InChI=1S/C14H28O/c1-4-5-6-7-14(15)13-9-8-11(2)12(3)10-13/h11-15H,4-10H2,1-3H3. The second-order valence-electron chi connectivity index (χ2n) is 5.59. The molecule has 1 heteroatoms. The molecule has 0 aliphatic heterocycles. The van der Waals surface area contributed by atoms with E-state index in [9.17, 15) is 5.11 Å². The largest absolute Gasteiger partial charge is 0.393 e. The van der Waals surface area contributed by atoms with E-state index in [4.69, 9.17) is 0 Å². The van der Waals surface area contributed by atoms with Crippen LogP contribution in [0, 0.1) is 17.8 Å². The molecule has 0 amide bonds. The van der Waals surface area contributed by atoms with Gasteiger partial charge in [0.2, 0.25) is 0 Å². The van der Waals surface area contributed by atoms with Crippen LogP contribution in [-0.4, -0.2) is 11.2 Å². The maximum absolute atomic E-state index is 10.1. The molecule has 4 unspecified atom stereocenters. The lowest BCUT2D eigenvalue weighted by Crippen LogP contribution is -2.29. The molecule has 1 fully saturated rings. The summed E-state index contributed by atoms with van der Waals surface area (Å²) in [6, 6.07) is 0. The summed E-state index contributed by atoms with van der Waals surface area (Å²) >= 11 is 0. The van der Waals surface area contributed by atoms with Gasteiger partial charge < -0.3 is 5.11 Å². The van der Waals surface area contributed by atoms with Gasteiger partial charge in [-0.2, -0.15) is 0 Å². The predicted octanol–water partition coefficient (Wildman–Crippen LogP) is 4.00. The lowest BCUT2D eigenvalue weighted by molar-refractivity contribution is 0.0490. The molecule has 1 saturated carbocycles. The lowest BCUT2D eigenvalue weighted by atomic mass is 9.73. The van der Waals surface area contributed by atoms with E-state index in [-0.39, 0.29) is 6.10 Å². The number of hydrogen-bond donors (Lipinski definition) is 1. The Morgan fingerprint density at radius 1 is 1.13 bits per heavy atom. The highest BCUT2D eigenvalue weighted by Crippen LogP contribution is 2.35. The molecule has 0 aromatic carbocycles. The van der Waals surface area contributed by atoms with Gasteiger partial charge in [-0.3, -0.25) is 0 Å². The fourth-order valence-corrected chi connectivity index (χ4v) is 2.78. The molecule has 1 nitrogen and oxygen atoms in total. The van der Waals surface area contributed by atoms with Crippen molar-refractivity contribution in [3.8, 4) is 0 Å². The molecule has 0 bridgehead atoms. The number of hydrogen-bond acceptors (Lipinski definition) is 1. The summed E-state index contributed by atoms with van der Waals surface area (Å²) in [5.74, 6) is 2.27. The van der Waals surface area contributed by atoms with E-state index in [0.717, 1.165) is 18.3 Å². The van der Waals surface area contributed by atoms with Crippen LogP contribution in [0.5, 0.6) is 0 Å². The van der Waals surface area contributed by atoms with E-state index >= 15 is 0 Å². The fraction of sp³-hybridized carbons (Fsp3) is 1.00. The highest BCUT2D eigenvalue weighted by molar-refractivity contribution is 4.79. The third-order valence-corrected chi connectivity index (χ3v) is 4.29. The summed E-state index contributed by atoms with van der Waals surface area (Å²) in [7, 11) is 0. The average molecular weight is 212 g/mol. The SMILES string of the molecule is CCCCCC(O)C1CCC(C)C(C)C1. The van der Waals surface area contributed by atoms with Crippen molar-refractivity contribution in [2.75, 3.05) is 0 Å². The highest BCUT2D eigenvalue weighted by atomic mass is 16.3. The van der Waals surface area contributed by atoms with Crippen molar-refractivity contribution in [1.82, 2.24) is 0 Å². The highest BCUT2D eigenvalue weighted by Gasteiger charge is 2.28. The lowest BCUT2D eigenvalue weighted by Gasteiger charge is -2.34. The van der Waals surface area contributed by atoms with Crippen molar-refractivity contribution < 1.29 is 5.11 Å². The van der Waals surface area contributed by atoms with Crippen LogP contribution in [0.25, 0.3) is 0 Å². The Bertz CT molecular complexity index is 167. The van der Waals surface area contributed by atoms with Gasteiger partial charge in [0, 0.05) is 0 Å². The Hall–Kier alpha value is -0.0400. The van der Waals surface area contributed by atoms with Crippen molar-refractivity contribution in [2.45, 2.75) is 71.8 Å². The zero-order chi connectivity index (χ0) is 11.3. The molecule has 1 rings (SSSR count). The van der Waals surface area contributed by atoms with Crippen LogP contribution in [0.2, 0.25) is 0 Å². The first-order chi connectivity index (χ1) is 7.15. The van der Waals surface area contributed by atoms with Crippen molar-refractivity contribution in [3.63, 3.8) is 0 Å². The zero-order valence-electron chi connectivity index (χ0n) is 10.7. The number of rotatable bonds is 5. The summed E-state index contributed by atoms with van der Waals surface area (Å²) in [5.41, 5.74) is 0. The molecule has 90 valence electrons. The molecule has 0 radical (unpaired) electrons. The van der Waals surface area contributed by atoms with Gasteiger partial charge in [0.25, 0.3) is 0 Å². The molecule has 1 aliphatic rings. The number of unbranched alkanes of at least 4 members (excludes halogenated alkanes) is 2. The number of aliphatic hydroxyl groups is 1. The minimum atomic E-state index is -0.0218. The van der Waals surface area contributed by atoms with Gasteiger partial charge in [0.15, 0.2) is 0 Å². The van der Waals surface area contributed by atoms with Crippen molar-refractivity contribution in [2.24, 2.45) is 17.8 Å². The Morgan fingerprint density at radius 2 is 1.87 bits per heavy atom. The Kier molecular flexibility index (Phi) is 5.66. The molecule has 15 heavy (non-hydrogen) atoms. The normalized spacial score (nSPS) is 34.0. The van der Waals surface area contributed by atoms with Crippen molar-refractivity contribution in [3.05, 3.63) is 0 Å². The third kappa shape index (κ3) is 4.14. The summed E-state index contributed by atoms with van der Waals surface area (Å²) in [6.45, 7) is 6.91. The second kappa shape index (κ2) is 6.52. The molecule has 1 N–H and O–H groups in total. The molecule has 0 saturated heterocycles. The topological polar surface area (TPSA) is 20.2 Å². The van der Waals surface area contributed by atoms with E-state index in [1.54, 1.807) is 0 Å². The van der Waals surface area contributed by atoms with Crippen LogP contribution in [0.3, 0.4) is 0 Å². The molecule has 4 atom stereocenters. The summed E-state index contributed by atoms with van der Waals surface area (Å²) in [5, 5.41) is 10.1. The van der Waals surface area contributed by atoms with Gasteiger partial charge in [-0.05, 0) is 37.0 Å². The third-order valence-electron chi connectivity index (χ3n) is 4.29. The van der Waals surface area contributed by atoms with Gasteiger partial charge in [-0.15, -0.1) is 0 Å². The van der Waals surface area contributed by atoms with Crippen molar-refractivity contribution in [1.29, 1.82) is 0 Å². The summed E-state index contributed by atoms with van der Waals surface area (Å²) in [6.07, 6.45) is 8.55. The van der Waals surface area contributed by atoms with Gasteiger partial charge in [-0.25, -0.2) is 0 Å². The van der Waals surface area contributed by atoms with E-state index in [2.05, 4.69) is 20.8 Å². The van der Waals surface area contributed by atoms with Crippen LogP contribution >= 0.6 is 0 Å². The van der Waals surface area contributed by atoms with Crippen LogP contribution in [-0.2, 0) is 0 Å². The predicted molar refractivity (Wildman–Crippen MR) is 65.8 cm³/mol. The maximum atomic E-state index is 10.1. The van der Waals surface area contributed by atoms with Gasteiger partial charge in [-0.1, -0.05) is 46.5 Å². The van der Waals surface area contributed by atoms with Crippen LogP contribution < -0.4 is 0 Å². The molecular weight excluding hydrogens is 184 g/mol.